The van der Waals surface area contributed by atoms with E-state index in [4.69, 9.17) is 0 Å². The van der Waals surface area contributed by atoms with Gasteiger partial charge in [0.15, 0.2) is 0 Å². The molecule has 3 nitrogen and oxygen atoms in total. The molecule has 1 aliphatic carbocycles. The molecule has 0 aromatic carbocycles. The summed E-state index contributed by atoms with van der Waals surface area (Å²) in [6, 6.07) is 0.771. The molecule has 2 rings (SSSR count). The first kappa shape index (κ1) is 12.0. The van der Waals surface area contributed by atoms with Crippen LogP contribution in [0.25, 0.3) is 0 Å². The molecule has 0 radical (unpaired) electrons. The molecule has 1 fully saturated rings. The van der Waals surface area contributed by atoms with Crippen molar-refractivity contribution < 1.29 is 0 Å². The Hall–Kier alpha value is -0.450. The SMILES string of the molecule is CCN(CC)Cc1nc(CNC2CC2)cs1. The van der Waals surface area contributed by atoms with Crippen LogP contribution in [0.2, 0.25) is 0 Å². The molecular formula is C12H21N3S. The maximum Gasteiger partial charge on any atom is 0.107 e. The highest BCUT2D eigenvalue weighted by atomic mass is 32.1. The second-order valence-electron chi connectivity index (χ2n) is 4.35. The van der Waals surface area contributed by atoms with Gasteiger partial charge in [0, 0.05) is 18.0 Å². The van der Waals surface area contributed by atoms with E-state index >= 15 is 0 Å². The fourth-order valence-electron chi connectivity index (χ4n) is 1.68. The van der Waals surface area contributed by atoms with Crippen LogP contribution in [-0.4, -0.2) is 29.0 Å². The first-order valence-electron chi connectivity index (χ1n) is 6.20. The summed E-state index contributed by atoms with van der Waals surface area (Å²) in [5.74, 6) is 0. The number of aromatic nitrogens is 1. The minimum absolute atomic E-state index is 0.771. The predicted molar refractivity (Wildman–Crippen MR) is 68.6 cm³/mol. The van der Waals surface area contributed by atoms with E-state index in [1.54, 1.807) is 11.3 Å². The van der Waals surface area contributed by atoms with Crippen molar-refractivity contribution in [3.05, 3.63) is 16.1 Å². The van der Waals surface area contributed by atoms with Crippen molar-refractivity contribution in [2.75, 3.05) is 13.1 Å². The summed E-state index contributed by atoms with van der Waals surface area (Å²) in [5, 5.41) is 6.93. The highest BCUT2D eigenvalue weighted by Gasteiger charge is 2.20. The number of nitrogens with zero attached hydrogens (tertiary/aromatic N) is 2. The third-order valence-corrected chi connectivity index (χ3v) is 3.88. The average molecular weight is 239 g/mol. The van der Waals surface area contributed by atoms with Gasteiger partial charge in [-0.15, -0.1) is 11.3 Å². The largest absolute Gasteiger partial charge is 0.308 e. The number of thiazole rings is 1. The Kier molecular flexibility index (Phi) is 4.32. The minimum Gasteiger partial charge on any atom is -0.308 e. The lowest BCUT2D eigenvalue weighted by Crippen LogP contribution is -2.22. The highest BCUT2D eigenvalue weighted by Crippen LogP contribution is 2.20. The third kappa shape index (κ3) is 3.54. The number of hydrogen-bond acceptors (Lipinski definition) is 4. The van der Waals surface area contributed by atoms with Crippen molar-refractivity contribution in [2.45, 2.75) is 45.8 Å². The van der Waals surface area contributed by atoms with E-state index in [-0.39, 0.29) is 0 Å². The van der Waals surface area contributed by atoms with Crippen LogP contribution in [0.5, 0.6) is 0 Å². The van der Waals surface area contributed by atoms with Crippen LogP contribution >= 0.6 is 11.3 Å². The van der Waals surface area contributed by atoms with Crippen molar-refractivity contribution in [1.29, 1.82) is 0 Å². The monoisotopic (exact) mass is 239 g/mol. The predicted octanol–water partition coefficient (Wildman–Crippen LogP) is 2.24. The summed E-state index contributed by atoms with van der Waals surface area (Å²) in [6.45, 7) is 8.55. The number of rotatable bonds is 7. The molecule has 1 aromatic rings. The van der Waals surface area contributed by atoms with Crippen molar-refractivity contribution >= 4 is 11.3 Å². The van der Waals surface area contributed by atoms with E-state index < -0.39 is 0 Å². The fourth-order valence-corrected chi connectivity index (χ4v) is 2.51. The van der Waals surface area contributed by atoms with E-state index in [0.717, 1.165) is 32.2 Å². The molecule has 0 unspecified atom stereocenters. The van der Waals surface area contributed by atoms with E-state index in [0.29, 0.717) is 0 Å². The molecule has 1 heterocycles. The number of nitrogens with one attached hydrogen (secondary N) is 1. The summed E-state index contributed by atoms with van der Waals surface area (Å²) in [6.07, 6.45) is 2.69. The summed E-state index contributed by atoms with van der Waals surface area (Å²) in [4.78, 5) is 7.06. The Morgan fingerprint density at radius 1 is 1.44 bits per heavy atom. The van der Waals surface area contributed by atoms with Crippen LogP contribution in [0, 0.1) is 0 Å². The highest BCUT2D eigenvalue weighted by molar-refractivity contribution is 7.09. The smallest absolute Gasteiger partial charge is 0.107 e. The van der Waals surface area contributed by atoms with Gasteiger partial charge < -0.3 is 5.32 Å². The lowest BCUT2D eigenvalue weighted by atomic mass is 10.4. The molecule has 0 aliphatic heterocycles. The van der Waals surface area contributed by atoms with Gasteiger partial charge >= 0.3 is 0 Å². The van der Waals surface area contributed by atoms with Crippen LogP contribution in [0.1, 0.15) is 37.4 Å². The minimum atomic E-state index is 0.771. The zero-order valence-electron chi connectivity index (χ0n) is 10.2. The van der Waals surface area contributed by atoms with Gasteiger partial charge in [-0.25, -0.2) is 4.98 Å². The molecule has 0 amide bonds. The van der Waals surface area contributed by atoms with Gasteiger partial charge in [0.2, 0.25) is 0 Å². The maximum absolute atomic E-state index is 4.66. The van der Waals surface area contributed by atoms with Gasteiger partial charge in [0.1, 0.15) is 5.01 Å². The molecule has 1 saturated carbocycles. The normalized spacial score (nSPS) is 15.9. The Bertz CT molecular complexity index is 316. The molecule has 1 aliphatic rings. The fraction of sp³-hybridized carbons (Fsp3) is 0.750. The van der Waals surface area contributed by atoms with E-state index in [1.807, 2.05) is 0 Å². The summed E-state index contributed by atoms with van der Waals surface area (Å²) < 4.78 is 0. The van der Waals surface area contributed by atoms with Crippen LogP contribution < -0.4 is 5.32 Å². The molecule has 90 valence electrons. The van der Waals surface area contributed by atoms with Gasteiger partial charge in [0.25, 0.3) is 0 Å². The second-order valence-corrected chi connectivity index (χ2v) is 5.29. The zero-order chi connectivity index (χ0) is 11.4. The summed E-state index contributed by atoms with van der Waals surface area (Å²) in [5.41, 5.74) is 1.21. The maximum atomic E-state index is 4.66. The van der Waals surface area contributed by atoms with Crippen LogP contribution in [-0.2, 0) is 13.1 Å². The standard InChI is InChI=1S/C12H21N3S/c1-3-15(4-2)8-12-14-11(9-16-12)7-13-10-5-6-10/h9-10,13H,3-8H2,1-2H3. The number of hydrogen-bond donors (Lipinski definition) is 1. The van der Waals surface area contributed by atoms with Crippen LogP contribution in [0.4, 0.5) is 0 Å². The molecule has 0 atom stereocenters. The Balaban J connectivity index is 1.80. The van der Waals surface area contributed by atoms with Gasteiger partial charge in [-0.3, -0.25) is 4.90 Å². The summed E-state index contributed by atoms with van der Waals surface area (Å²) in [7, 11) is 0. The summed E-state index contributed by atoms with van der Waals surface area (Å²) >= 11 is 1.79. The topological polar surface area (TPSA) is 28.2 Å². The Morgan fingerprint density at radius 3 is 2.81 bits per heavy atom. The molecule has 1 aromatic heterocycles. The van der Waals surface area contributed by atoms with Crippen molar-refractivity contribution in [3.8, 4) is 0 Å². The Morgan fingerprint density at radius 2 is 2.19 bits per heavy atom. The molecular weight excluding hydrogens is 218 g/mol. The van der Waals surface area contributed by atoms with Crippen molar-refractivity contribution in [3.63, 3.8) is 0 Å². The molecule has 4 heteroatoms. The molecule has 16 heavy (non-hydrogen) atoms. The van der Waals surface area contributed by atoms with E-state index in [2.05, 4.69) is 34.4 Å². The zero-order valence-corrected chi connectivity index (χ0v) is 11.0. The lowest BCUT2D eigenvalue weighted by molar-refractivity contribution is 0.295. The second kappa shape index (κ2) is 5.75. The van der Waals surface area contributed by atoms with Crippen LogP contribution in [0.15, 0.2) is 5.38 Å². The van der Waals surface area contributed by atoms with E-state index in [9.17, 15) is 0 Å². The van der Waals surface area contributed by atoms with Gasteiger partial charge in [-0.2, -0.15) is 0 Å². The van der Waals surface area contributed by atoms with Gasteiger partial charge in [-0.05, 0) is 25.9 Å². The molecule has 0 spiro atoms. The first-order chi connectivity index (χ1) is 7.81. The first-order valence-corrected chi connectivity index (χ1v) is 7.08. The molecule has 0 bridgehead atoms. The Labute approximate surface area is 102 Å². The van der Waals surface area contributed by atoms with Crippen molar-refractivity contribution in [2.24, 2.45) is 0 Å². The van der Waals surface area contributed by atoms with Gasteiger partial charge in [-0.1, -0.05) is 13.8 Å². The van der Waals surface area contributed by atoms with Crippen LogP contribution in [0.3, 0.4) is 0 Å². The quantitative estimate of drug-likeness (QED) is 0.791. The van der Waals surface area contributed by atoms with Gasteiger partial charge in [0.05, 0.1) is 12.2 Å². The third-order valence-electron chi connectivity index (χ3n) is 3.00. The molecule has 0 saturated heterocycles. The lowest BCUT2D eigenvalue weighted by Gasteiger charge is -2.15. The van der Waals surface area contributed by atoms with Crippen molar-refractivity contribution in [1.82, 2.24) is 15.2 Å². The van der Waals surface area contributed by atoms with E-state index in [1.165, 1.54) is 23.5 Å². The average Bonchev–Trinajstić information content (AvgIpc) is 3.03. The molecule has 1 N–H and O–H groups in total.